The molecule has 3 aromatic rings. The molecule has 0 saturated carbocycles. The molecule has 9 heteroatoms. The van der Waals surface area contributed by atoms with E-state index in [4.69, 9.17) is 9.15 Å². The molecular formula is C15H14N4O3S2. The molecule has 0 bridgehead atoms. The molecule has 0 saturated heterocycles. The Morgan fingerprint density at radius 3 is 2.83 bits per heavy atom. The third-order valence-corrected chi connectivity index (χ3v) is 4.58. The summed E-state index contributed by atoms with van der Waals surface area (Å²) < 4.78 is 10.8. The maximum atomic E-state index is 11.0. The van der Waals surface area contributed by atoms with Gasteiger partial charge in [-0.1, -0.05) is 11.8 Å². The van der Waals surface area contributed by atoms with E-state index in [9.17, 15) is 4.79 Å². The number of thioether (sulfide) groups is 1. The zero-order chi connectivity index (χ0) is 16.9. The van der Waals surface area contributed by atoms with Crippen LogP contribution in [-0.2, 0) is 10.5 Å². The van der Waals surface area contributed by atoms with Crippen molar-refractivity contribution in [2.45, 2.75) is 17.9 Å². The van der Waals surface area contributed by atoms with Crippen molar-refractivity contribution in [2.75, 3.05) is 12.4 Å². The Kier molecular flexibility index (Phi) is 5.11. The maximum absolute atomic E-state index is 11.0. The number of nitrogens with zero attached hydrogens (tertiary/aromatic N) is 3. The van der Waals surface area contributed by atoms with Crippen LogP contribution in [0.4, 0.5) is 5.13 Å². The number of carbonyl (C=O) groups excluding carboxylic acids is 1. The topological polar surface area (TPSA) is 90.1 Å². The standard InChI is InChI=1S/C15H14N4O3S2/c1-9(20)16-14-17-11(7-23-14)8-24-15-19-18-13(22-15)10-3-5-12(21-2)6-4-10/h3-7H,8H2,1-2H3,(H,16,17,20). The quantitative estimate of drug-likeness (QED) is 0.672. The van der Waals surface area contributed by atoms with Crippen molar-refractivity contribution in [2.24, 2.45) is 0 Å². The molecule has 24 heavy (non-hydrogen) atoms. The summed E-state index contributed by atoms with van der Waals surface area (Å²) in [4.78, 5) is 15.3. The molecule has 2 aromatic heterocycles. The molecule has 1 N–H and O–H groups in total. The number of amides is 1. The largest absolute Gasteiger partial charge is 0.497 e. The van der Waals surface area contributed by atoms with E-state index in [2.05, 4.69) is 20.5 Å². The van der Waals surface area contributed by atoms with Gasteiger partial charge in [-0.2, -0.15) is 0 Å². The Labute approximate surface area is 146 Å². The normalized spacial score (nSPS) is 10.6. The van der Waals surface area contributed by atoms with E-state index in [1.54, 1.807) is 7.11 Å². The summed E-state index contributed by atoms with van der Waals surface area (Å²) in [5.74, 6) is 1.67. The predicted octanol–water partition coefficient (Wildman–Crippen LogP) is 3.45. The fourth-order valence-corrected chi connectivity index (χ4v) is 3.35. The fourth-order valence-electron chi connectivity index (χ4n) is 1.84. The first-order valence-electron chi connectivity index (χ1n) is 6.97. The number of benzene rings is 1. The number of ether oxygens (including phenoxy) is 1. The van der Waals surface area contributed by atoms with Gasteiger partial charge in [0, 0.05) is 23.6 Å². The van der Waals surface area contributed by atoms with Crippen LogP contribution in [-0.4, -0.2) is 28.2 Å². The number of rotatable bonds is 6. The number of hydrogen-bond acceptors (Lipinski definition) is 8. The van der Waals surface area contributed by atoms with Crippen LogP contribution in [0, 0.1) is 0 Å². The van der Waals surface area contributed by atoms with Crippen molar-refractivity contribution in [3.05, 3.63) is 35.3 Å². The minimum atomic E-state index is -0.135. The molecule has 0 aliphatic rings. The number of hydrogen-bond donors (Lipinski definition) is 1. The van der Waals surface area contributed by atoms with Gasteiger partial charge in [0.2, 0.25) is 11.8 Å². The van der Waals surface area contributed by atoms with Gasteiger partial charge in [0.15, 0.2) is 5.13 Å². The van der Waals surface area contributed by atoms with E-state index in [0.29, 0.717) is 22.0 Å². The van der Waals surface area contributed by atoms with Crippen LogP contribution >= 0.6 is 23.1 Å². The van der Waals surface area contributed by atoms with Gasteiger partial charge in [-0.3, -0.25) is 4.79 Å². The van der Waals surface area contributed by atoms with Gasteiger partial charge in [0.1, 0.15) is 5.75 Å². The number of thiazole rings is 1. The average molecular weight is 362 g/mol. The van der Waals surface area contributed by atoms with E-state index in [0.717, 1.165) is 17.0 Å². The lowest BCUT2D eigenvalue weighted by Crippen LogP contribution is -2.05. The van der Waals surface area contributed by atoms with Gasteiger partial charge >= 0.3 is 0 Å². The fraction of sp³-hybridized carbons (Fsp3) is 0.200. The summed E-state index contributed by atoms with van der Waals surface area (Å²) in [5.41, 5.74) is 1.68. The lowest BCUT2D eigenvalue weighted by molar-refractivity contribution is -0.114. The highest BCUT2D eigenvalue weighted by molar-refractivity contribution is 7.98. The zero-order valence-electron chi connectivity index (χ0n) is 13.0. The van der Waals surface area contributed by atoms with Gasteiger partial charge < -0.3 is 14.5 Å². The van der Waals surface area contributed by atoms with Crippen LogP contribution in [0.1, 0.15) is 12.6 Å². The molecule has 1 amide bonds. The number of nitrogens with one attached hydrogen (secondary N) is 1. The summed E-state index contributed by atoms with van der Waals surface area (Å²) >= 11 is 2.78. The number of anilines is 1. The molecule has 0 aliphatic heterocycles. The van der Waals surface area contributed by atoms with Crippen molar-refractivity contribution in [3.63, 3.8) is 0 Å². The summed E-state index contributed by atoms with van der Waals surface area (Å²) in [6, 6.07) is 7.40. The van der Waals surface area contributed by atoms with E-state index in [1.807, 2.05) is 29.6 Å². The average Bonchev–Trinajstić information content (AvgIpc) is 3.22. The first kappa shape index (κ1) is 16.5. The first-order valence-corrected chi connectivity index (χ1v) is 8.83. The predicted molar refractivity (Wildman–Crippen MR) is 92.3 cm³/mol. The van der Waals surface area contributed by atoms with E-state index >= 15 is 0 Å². The molecule has 2 heterocycles. The third kappa shape index (κ3) is 4.12. The highest BCUT2D eigenvalue weighted by Crippen LogP contribution is 2.27. The van der Waals surface area contributed by atoms with Crippen molar-refractivity contribution >= 4 is 34.1 Å². The Morgan fingerprint density at radius 2 is 2.12 bits per heavy atom. The van der Waals surface area contributed by atoms with Crippen LogP contribution in [0.15, 0.2) is 39.3 Å². The smallest absolute Gasteiger partial charge is 0.277 e. The Hall–Kier alpha value is -2.39. The Morgan fingerprint density at radius 1 is 1.33 bits per heavy atom. The number of carbonyl (C=O) groups is 1. The molecule has 0 atom stereocenters. The van der Waals surface area contributed by atoms with Crippen molar-refractivity contribution in [1.29, 1.82) is 0 Å². The first-order chi connectivity index (χ1) is 11.6. The summed E-state index contributed by atoms with van der Waals surface area (Å²) in [6.45, 7) is 1.45. The van der Waals surface area contributed by atoms with E-state index < -0.39 is 0 Å². The lowest BCUT2D eigenvalue weighted by atomic mass is 10.2. The molecule has 1 aromatic carbocycles. The monoisotopic (exact) mass is 362 g/mol. The molecular weight excluding hydrogens is 348 g/mol. The highest BCUT2D eigenvalue weighted by atomic mass is 32.2. The lowest BCUT2D eigenvalue weighted by Gasteiger charge is -1.99. The van der Waals surface area contributed by atoms with Gasteiger partial charge in [-0.25, -0.2) is 4.98 Å². The molecule has 0 radical (unpaired) electrons. The van der Waals surface area contributed by atoms with Crippen LogP contribution in [0.3, 0.4) is 0 Å². The number of methoxy groups -OCH3 is 1. The molecule has 0 spiro atoms. The summed E-state index contributed by atoms with van der Waals surface area (Å²) in [5, 5.41) is 13.7. The van der Waals surface area contributed by atoms with E-state index in [-0.39, 0.29) is 5.91 Å². The second kappa shape index (κ2) is 7.45. The van der Waals surface area contributed by atoms with E-state index in [1.165, 1.54) is 30.0 Å². The van der Waals surface area contributed by atoms with Crippen LogP contribution in [0.5, 0.6) is 5.75 Å². The van der Waals surface area contributed by atoms with Crippen LogP contribution < -0.4 is 10.1 Å². The number of aromatic nitrogens is 3. The van der Waals surface area contributed by atoms with Crippen molar-refractivity contribution < 1.29 is 13.9 Å². The zero-order valence-corrected chi connectivity index (χ0v) is 14.6. The van der Waals surface area contributed by atoms with Crippen molar-refractivity contribution in [3.8, 4) is 17.2 Å². The van der Waals surface area contributed by atoms with Crippen LogP contribution in [0.2, 0.25) is 0 Å². The van der Waals surface area contributed by atoms with Crippen LogP contribution in [0.25, 0.3) is 11.5 Å². The summed E-state index contributed by atoms with van der Waals surface area (Å²) in [6.07, 6.45) is 0. The van der Waals surface area contributed by atoms with Gasteiger partial charge in [-0.05, 0) is 24.3 Å². The molecule has 0 fully saturated rings. The van der Waals surface area contributed by atoms with Gasteiger partial charge in [0.25, 0.3) is 5.22 Å². The molecule has 0 unspecified atom stereocenters. The maximum Gasteiger partial charge on any atom is 0.277 e. The highest BCUT2D eigenvalue weighted by Gasteiger charge is 2.11. The molecule has 3 rings (SSSR count). The van der Waals surface area contributed by atoms with Gasteiger partial charge in [-0.15, -0.1) is 21.5 Å². The Bertz CT molecular complexity index is 829. The second-order valence-corrected chi connectivity index (χ2v) is 6.50. The minimum Gasteiger partial charge on any atom is -0.497 e. The minimum absolute atomic E-state index is 0.135. The third-order valence-electron chi connectivity index (χ3n) is 2.92. The molecule has 124 valence electrons. The Balaban J connectivity index is 1.61. The molecule has 0 aliphatic carbocycles. The van der Waals surface area contributed by atoms with Gasteiger partial charge in [0.05, 0.1) is 12.8 Å². The molecule has 7 nitrogen and oxygen atoms in total. The SMILES string of the molecule is COc1ccc(-c2nnc(SCc3csc(NC(C)=O)n3)o2)cc1. The van der Waals surface area contributed by atoms with Crippen molar-refractivity contribution in [1.82, 2.24) is 15.2 Å². The second-order valence-electron chi connectivity index (χ2n) is 4.72. The summed E-state index contributed by atoms with van der Waals surface area (Å²) in [7, 11) is 1.62.